The minimum atomic E-state index is -0.304. The van der Waals surface area contributed by atoms with E-state index in [0.29, 0.717) is 6.61 Å². The number of piperidine rings is 1. The van der Waals surface area contributed by atoms with Gasteiger partial charge in [-0.25, -0.2) is 0 Å². The van der Waals surface area contributed by atoms with E-state index in [9.17, 15) is 5.11 Å². The zero-order valence-electron chi connectivity index (χ0n) is 13.6. The molecule has 0 aromatic heterocycles. The van der Waals surface area contributed by atoms with E-state index in [0.717, 1.165) is 57.7 Å². The van der Waals surface area contributed by atoms with Crippen molar-refractivity contribution in [2.45, 2.75) is 43.9 Å². The quantitative estimate of drug-likeness (QED) is 0.862. The normalized spacial score (nSPS) is 24.7. The number of rotatable bonds is 5. The monoisotopic (exact) mass is 321 g/mol. The average molecular weight is 321 g/mol. The van der Waals surface area contributed by atoms with Crippen molar-refractivity contribution in [1.82, 2.24) is 4.90 Å². The van der Waals surface area contributed by atoms with Crippen LogP contribution < -0.4 is 4.74 Å². The Morgan fingerprint density at radius 1 is 1.22 bits per heavy atom. The molecule has 23 heavy (non-hydrogen) atoms. The van der Waals surface area contributed by atoms with Gasteiger partial charge in [0.2, 0.25) is 0 Å². The summed E-state index contributed by atoms with van der Waals surface area (Å²) in [5, 5.41) is 19.0. The molecule has 0 aliphatic carbocycles. The number of aliphatic hydroxyl groups is 2. The summed E-state index contributed by atoms with van der Waals surface area (Å²) in [6.45, 7) is 3.97. The zero-order valence-corrected chi connectivity index (χ0v) is 13.6. The Bertz CT molecular complexity index is 482. The molecule has 1 atom stereocenters. The summed E-state index contributed by atoms with van der Waals surface area (Å²) in [5.74, 6) is 0.791. The highest BCUT2D eigenvalue weighted by molar-refractivity contribution is 5.27. The van der Waals surface area contributed by atoms with Crippen LogP contribution in [-0.4, -0.2) is 59.7 Å². The fourth-order valence-electron chi connectivity index (χ4n) is 3.59. The fraction of sp³-hybridized carbons (Fsp3) is 0.667. The van der Waals surface area contributed by atoms with E-state index in [4.69, 9.17) is 14.6 Å². The topological polar surface area (TPSA) is 62.2 Å². The summed E-state index contributed by atoms with van der Waals surface area (Å²) in [5.41, 5.74) is 0.957. The van der Waals surface area contributed by atoms with Crippen molar-refractivity contribution >= 4 is 0 Å². The second-order valence-electron chi connectivity index (χ2n) is 6.56. The second-order valence-corrected chi connectivity index (χ2v) is 6.56. The van der Waals surface area contributed by atoms with Crippen molar-refractivity contribution in [3.63, 3.8) is 0 Å². The zero-order chi connectivity index (χ0) is 16.1. The molecule has 2 N–H and O–H groups in total. The molecule has 2 aliphatic rings. The van der Waals surface area contributed by atoms with Crippen LogP contribution in [0.15, 0.2) is 24.3 Å². The van der Waals surface area contributed by atoms with Crippen molar-refractivity contribution in [1.29, 1.82) is 0 Å². The number of ether oxygens (including phenoxy) is 2. The van der Waals surface area contributed by atoms with Crippen molar-refractivity contribution in [3.05, 3.63) is 29.8 Å². The SMILES string of the molecule is OCCOc1ccc(CN2CCC3(CC2)OCCC[C@@H]3O)cc1. The first-order valence-corrected chi connectivity index (χ1v) is 8.59. The maximum atomic E-state index is 10.3. The number of hydrogen-bond acceptors (Lipinski definition) is 5. The van der Waals surface area contributed by atoms with E-state index in [-0.39, 0.29) is 18.3 Å². The second kappa shape index (κ2) is 7.62. The Hall–Kier alpha value is -1.14. The highest BCUT2D eigenvalue weighted by atomic mass is 16.5. The Balaban J connectivity index is 1.50. The molecule has 1 aromatic rings. The van der Waals surface area contributed by atoms with Crippen LogP contribution >= 0.6 is 0 Å². The maximum Gasteiger partial charge on any atom is 0.119 e. The van der Waals surface area contributed by atoms with E-state index in [2.05, 4.69) is 17.0 Å². The van der Waals surface area contributed by atoms with Gasteiger partial charge >= 0.3 is 0 Å². The molecule has 0 amide bonds. The van der Waals surface area contributed by atoms with Gasteiger partial charge in [-0.3, -0.25) is 4.90 Å². The van der Waals surface area contributed by atoms with Gasteiger partial charge in [-0.1, -0.05) is 12.1 Å². The highest BCUT2D eigenvalue weighted by Crippen LogP contribution is 2.35. The third kappa shape index (κ3) is 4.04. The van der Waals surface area contributed by atoms with Crippen LogP contribution in [0, 0.1) is 0 Å². The first-order valence-electron chi connectivity index (χ1n) is 8.59. The van der Waals surface area contributed by atoms with Gasteiger partial charge in [0.25, 0.3) is 0 Å². The maximum absolute atomic E-state index is 10.3. The van der Waals surface area contributed by atoms with Crippen LogP contribution in [0.4, 0.5) is 0 Å². The fourth-order valence-corrected chi connectivity index (χ4v) is 3.59. The van der Waals surface area contributed by atoms with Gasteiger partial charge in [-0.05, 0) is 43.4 Å². The molecule has 2 aliphatic heterocycles. The molecular weight excluding hydrogens is 294 g/mol. The van der Waals surface area contributed by atoms with Crippen LogP contribution in [0.25, 0.3) is 0 Å². The largest absolute Gasteiger partial charge is 0.491 e. The molecule has 128 valence electrons. The van der Waals surface area contributed by atoms with Gasteiger partial charge in [0.1, 0.15) is 12.4 Å². The molecule has 5 nitrogen and oxygen atoms in total. The molecule has 0 radical (unpaired) electrons. The molecule has 5 heteroatoms. The lowest BCUT2D eigenvalue weighted by Crippen LogP contribution is -2.55. The molecule has 2 heterocycles. The van der Waals surface area contributed by atoms with Crippen molar-refractivity contribution in [2.75, 3.05) is 32.9 Å². The van der Waals surface area contributed by atoms with Gasteiger partial charge in [0, 0.05) is 26.2 Å². The molecule has 0 unspecified atom stereocenters. The molecule has 3 rings (SSSR count). The molecule has 0 bridgehead atoms. The third-order valence-electron chi connectivity index (χ3n) is 5.01. The summed E-state index contributed by atoms with van der Waals surface area (Å²) in [6.07, 6.45) is 3.35. The van der Waals surface area contributed by atoms with Crippen molar-refractivity contribution < 1.29 is 19.7 Å². The predicted octanol–water partition coefficient (Wildman–Crippen LogP) is 1.56. The number of aliphatic hydroxyl groups excluding tert-OH is 2. The first-order chi connectivity index (χ1) is 11.2. The van der Waals surface area contributed by atoms with E-state index in [1.165, 1.54) is 5.56 Å². The lowest BCUT2D eigenvalue weighted by Gasteiger charge is -2.46. The number of nitrogens with zero attached hydrogens (tertiary/aromatic N) is 1. The van der Waals surface area contributed by atoms with Crippen LogP contribution in [-0.2, 0) is 11.3 Å². The van der Waals surface area contributed by atoms with E-state index >= 15 is 0 Å². The predicted molar refractivity (Wildman–Crippen MR) is 87.5 cm³/mol. The molecule has 1 spiro atoms. The van der Waals surface area contributed by atoms with Crippen molar-refractivity contribution in [3.8, 4) is 5.75 Å². The van der Waals surface area contributed by atoms with Gasteiger partial charge in [0.15, 0.2) is 0 Å². The minimum Gasteiger partial charge on any atom is -0.491 e. The molecule has 1 aromatic carbocycles. The Morgan fingerprint density at radius 2 is 1.96 bits per heavy atom. The van der Waals surface area contributed by atoms with E-state index < -0.39 is 0 Å². The average Bonchev–Trinajstić information content (AvgIpc) is 2.59. The number of benzene rings is 1. The first kappa shape index (κ1) is 16.7. The summed E-state index contributed by atoms with van der Waals surface area (Å²) in [4.78, 5) is 2.42. The Morgan fingerprint density at radius 3 is 2.61 bits per heavy atom. The van der Waals surface area contributed by atoms with Gasteiger partial charge in [-0.2, -0.15) is 0 Å². The standard InChI is InChI=1S/C18H27NO4/c20-11-13-22-16-5-3-15(4-6-16)14-19-9-7-18(8-10-19)17(21)2-1-12-23-18/h3-6,17,20-21H,1-2,7-14H2/t17-/m0/s1. The summed E-state index contributed by atoms with van der Waals surface area (Å²) < 4.78 is 11.3. The molecule has 2 fully saturated rings. The van der Waals surface area contributed by atoms with Crippen LogP contribution in [0.3, 0.4) is 0 Å². The summed E-state index contributed by atoms with van der Waals surface area (Å²) in [7, 11) is 0. The van der Waals surface area contributed by atoms with Gasteiger partial charge in [0.05, 0.1) is 18.3 Å². The molecule has 2 saturated heterocycles. The molecule has 0 saturated carbocycles. The number of likely N-dealkylation sites (tertiary alicyclic amines) is 1. The Labute approximate surface area is 137 Å². The van der Waals surface area contributed by atoms with Gasteiger partial charge < -0.3 is 19.7 Å². The van der Waals surface area contributed by atoms with Crippen LogP contribution in [0.5, 0.6) is 5.75 Å². The number of hydrogen-bond donors (Lipinski definition) is 2. The Kier molecular flexibility index (Phi) is 5.54. The summed E-state index contributed by atoms with van der Waals surface area (Å²) in [6, 6.07) is 8.04. The smallest absolute Gasteiger partial charge is 0.119 e. The van der Waals surface area contributed by atoms with Crippen molar-refractivity contribution in [2.24, 2.45) is 0 Å². The lowest BCUT2D eigenvalue weighted by molar-refractivity contribution is -0.177. The third-order valence-corrected chi connectivity index (χ3v) is 5.01. The summed E-state index contributed by atoms with van der Waals surface area (Å²) >= 11 is 0. The van der Waals surface area contributed by atoms with E-state index in [1.807, 2.05) is 12.1 Å². The highest BCUT2D eigenvalue weighted by Gasteiger charge is 2.43. The molecular formula is C18H27NO4. The van der Waals surface area contributed by atoms with Crippen LogP contribution in [0.1, 0.15) is 31.2 Å². The van der Waals surface area contributed by atoms with E-state index in [1.54, 1.807) is 0 Å². The van der Waals surface area contributed by atoms with Gasteiger partial charge in [-0.15, -0.1) is 0 Å². The lowest BCUT2D eigenvalue weighted by atomic mass is 9.82. The van der Waals surface area contributed by atoms with Crippen LogP contribution in [0.2, 0.25) is 0 Å². The minimum absolute atomic E-state index is 0.0329.